The van der Waals surface area contributed by atoms with Crippen LogP contribution in [0, 0.1) is 0 Å². The molecule has 0 bridgehead atoms. The first-order chi connectivity index (χ1) is 8.10. The zero-order valence-electron chi connectivity index (χ0n) is 8.13. The normalized spacial score (nSPS) is 13.1. The standard InChI is InChI=1S/C7HF9O3/c8-5(9,10)2(17)1(3(18)6(11,12)13)4(19)7(14,15)16/h17H/p-1. The van der Waals surface area contributed by atoms with Crippen molar-refractivity contribution in [2.75, 3.05) is 0 Å². The van der Waals surface area contributed by atoms with Crippen LogP contribution in [-0.4, -0.2) is 30.1 Å². The van der Waals surface area contributed by atoms with E-state index in [-0.39, 0.29) is 0 Å². The molecule has 0 radical (unpaired) electrons. The highest BCUT2D eigenvalue weighted by Gasteiger charge is 2.52. The minimum atomic E-state index is -6.24. The summed E-state index contributed by atoms with van der Waals surface area (Å²) in [7, 11) is 0. The first-order valence-corrected chi connectivity index (χ1v) is 3.81. The fourth-order valence-corrected chi connectivity index (χ4v) is 0.735. The van der Waals surface area contributed by atoms with Crippen LogP contribution in [0.25, 0.3) is 0 Å². The molecule has 0 aliphatic heterocycles. The average molecular weight is 303 g/mol. The van der Waals surface area contributed by atoms with Gasteiger partial charge in [0.05, 0.1) is 5.57 Å². The van der Waals surface area contributed by atoms with Crippen LogP contribution >= 0.6 is 0 Å². The average Bonchev–Trinajstić information content (AvgIpc) is 2.13. The number of carbonyl (C=O) groups excluding carboxylic acids is 2. The number of hydrogen-bond acceptors (Lipinski definition) is 3. The topological polar surface area (TPSA) is 57.2 Å². The second-order valence-electron chi connectivity index (χ2n) is 2.86. The van der Waals surface area contributed by atoms with Gasteiger partial charge in [-0.15, -0.1) is 0 Å². The second kappa shape index (κ2) is 4.74. The molecular formula is C7F9O3-. The molecule has 0 aromatic rings. The Morgan fingerprint density at radius 3 is 1.05 bits per heavy atom. The summed E-state index contributed by atoms with van der Waals surface area (Å²) in [6, 6.07) is 0. The third-order valence-corrected chi connectivity index (χ3v) is 1.45. The summed E-state index contributed by atoms with van der Waals surface area (Å²) in [6.07, 6.45) is -18.7. The molecule has 0 unspecified atom stereocenters. The van der Waals surface area contributed by atoms with Gasteiger partial charge in [-0.25, -0.2) is 0 Å². The molecule has 0 atom stereocenters. The molecule has 110 valence electrons. The van der Waals surface area contributed by atoms with Crippen LogP contribution < -0.4 is 5.11 Å². The molecule has 0 aromatic carbocycles. The Bertz CT molecular complexity index is 395. The summed E-state index contributed by atoms with van der Waals surface area (Å²) >= 11 is 0. The molecule has 3 nitrogen and oxygen atoms in total. The molecule has 0 rings (SSSR count). The summed E-state index contributed by atoms with van der Waals surface area (Å²) < 4.78 is 106. The van der Waals surface area contributed by atoms with Crippen LogP contribution in [-0.2, 0) is 9.59 Å². The number of Topliss-reactive ketones (excluding diaryl/α,β-unsaturated/α-hetero) is 2. The van der Waals surface area contributed by atoms with E-state index in [0.29, 0.717) is 0 Å². The summed E-state index contributed by atoms with van der Waals surface area (Å²) in [4.78, 5) is 20.7. The lowest BCUT2D eigenvalue weighted by atomic mass is 10.0. The molecule has 0 N–H and O–H groups in total. The molecule has 19 heavy (non-hydrogen) atoms. The summed E-state index contributed by atoms with van der Waals surface area (Å²) in [6.45, 7) is 0. The van der Waals surface area contributed by atoms with Crippen molar-refractivity contribution in [3.63, 3.8) is 0 Å². The zero-order chi connectivity index (χ0) is 15.8. The number of ketones is 2. The van der Waals surface area contributed by atoms with Gasteiger partial charge in [0.1, 0.15) is 0 Å². The first kappa shape index (κ1) is 17.2. The maximum absolute atomic E-state index is 11.8. The van der Waals surface area contributed by atoms with Gasteiger partial charge in [0.15, 0.2) is 0 Å². The maximum Gasteiger partial charge on any atom is 0.454 e. The van der Waals surface area contributed by atoms with Crippen LogP contribution in [0.3, 0.4) is 0 Å². The lowest BCUT2D eigenvalue weighted by molar-refractivity contribution is -0.361. The number of allylic oxidation sites excluding steroid dienone is 2. The lowest BCUT2D eigenvalue weighted by Crippen LogP contribution is -2.40. The summed E-state index contributed by atoms with van der Waals surface area (Å²) in [5, 5.41) is 10.3. The van der Waals surface area contributed by atoms with Crippen molar-refractivity contribution in [1.29, 1.82) is 0 Å². The van der Waals surface area contributed by atoms with Crippen LogP contribution in [0.2, 0.25) is 0 Å². The fourth-order valence-electron chi connectivity index (χ4n) is 0.735. The Morgan fingerprint density at radius 1 is 0.632 bits per heavy atom. The van der Waals surface area contributed by atoms with Crippen molar-refractivity contribution < 1.29 is 54.2 Å². The van der Waals surface area contributed by atoms with Crippen LogP contribution in [0.5, 0.6) is 0 Å². The Morgan fingerprint density at radius 2 is 0.895 bits per heavy atom. The number of halogens is 9. The van der Waals surface area contributed by atoms with Gasteiger partial charge < -0.3 is 5.11 Å². The molecule has 0 heterocycles. The van der Waals surface area contributed by atoms with Crippen LogP contribution in [0.4, 0.5) is 39.5 Å². The van der Waals surface area contributed by atoms with Gasteiger partial charge in [0.25, 0.3) is 11.6 Å². The quantitative estimate of drug-likeness (QED) is 0.255. The number of hydrogen-bond donors (Lipinski definition) is 0. The maximum atomic E-state index is 11.8. The monoisotopic (exact) mass is 303 g/mol. The van der Waals surface area contributed by atoms with Gasteiger partial charge in [-0.1, -0.05) is 0 Å². The number of rotatable bonds is 2. The third kappa shape index (κ3) is 4.13. The molecule has 0 spiro atoms. The van der Waals surface area contributed by atoms with Crippen molar-refractivity contribution in [2.45, 2.75) is 18.5 Å². The summed E-state index contributed by atoms with van der Waals surface area (Å²) in [5.41, 5.74) is -3.53. The molecular weight excluding hydrogens is 303 g/mol. The molecule has 12 heteroatoms. The van der Waals surface area contributed by atoms with Gasteiger partial charge >= 0.3 is 18.5 Å². The van der Waals surface area contributed by atoms with E-state index in [2.05, 4.69) is 0 Å². The molecule has 0 aliphatic rings. The SMILES string of the molecule is O=C(C(C(=O)C(F)(F)F)=C([O-])C(F)(F)F)C(F)(F)F. The predicted octanol–water partition coefficient (Wildman–Crippen LogP) is 1.43. The van der Waals surface area contributed by atoms with Gasteiger partial charge in [-0.05, 0) is 5.76 Å². The van der Waals surface area contributed by atoms with Crippen LogP contribution in [0.15, 0.2) is 11.3 Å². The molecule has 0 saturated carbocycles. The van der Waals surface area contributed by atoms with E-state index in [4.69, 9.17) is 0 Å². The largest absolute Gasteiger partial charge is 0.869 e. The minimum absolute atomic E-state index is 3.53. The summed E-state index contributed by atoms with van der Waals surface area (Å²) in [5.74, 6) is -11.4. The first-order valence-electron chi connectivity index (χ1n) is 3.81. The van der Waals surface area contributed by atoms with Gasteiger partial charge in [0.2, 0.25) is 0 Å². The van der Waals surface area contributed by atoms with Crippen molar-refractivity contribution in [3.8, 4) is 0 Å². The Balaban J connectivity index is 6.11. The van der Waals surface area contributed by atoms with Gasteiger partial charge in [-0.3, -0.25) is 9.59 Å². The predicted molar refractivity (Wildman–Crippen MR) is 35.2 cm³/mol. The van der Waals surface area contributed by atoms with E-state index in [9.17, 15) is 54.2 Å². The second-order valence-corrected chi connectivity index (χ2v) is 2.86. The van der Waals surface area contributed by atoms with Crippen molar-refractivity contribution >= 4 is 11.6 Å². The highest BCUT2D eigenvalue weighted by Crippen LogP contribution is 2.32. The van der Waals surface area contributed by atoms with E-state index in [1.165, 1.54) is 0 Å². The highest BCUT2D eigenvalue weighted by atomic mass is 19.4. The Kier molecular flexibility index (Phi) is 4.30. The molecule has 0 aliphatic carbocycles. The van der Waals surface area contributed by atoms with Crippen LogP contribution in [0.1, 0.15) is 0 Å². The van der Waals surface area contributed by atoms with Gasteiger partial charge in [0, 0.05) is 0 Å². The smallest absolute Gasteiger partial charge is 0.454 e. The Hall–Kier alpha value is -1.75. The van der Waals surface area contributed by atoms with Gasteiger partial charge in [-0.2, -0.15) is 39.5 Å². The van der Waals surface area contributed by atoms with E-state index < -0.39 is 41.4 Å². The number of carbonyl (C=O) groups is 2. The van der Waals surface area contributed by atoms with E-state index >= 15 is 0 Å². The minimum Gasteiger partial charge on any atom is -0.869 e. The van der Waals surface area contributed by atoms with Crippen molar-refractivity contribution in [1.82, 2.24) is 0 Å². The van der Waals surface area contributed by atoms with E-state index in [1.54, 1.807) is 0 Å². The number of alkyl halides is 9. The fraction of sp³-hybridized carbons (Fsp3) is 0.429. The molecule has 0 amide bonds. The highest BCUT2D eigenvalue weighted by molar-refractivity contribution is 6.24. The zero-order valence-corrected chi connectivity index (χ0v) is 8.13. The Labute approximate surface area is 96.8 Å². The lowest BCUT2D eigenvalue weighted by Gasteiger charge is -2.21. The van der Waals surface area contributed by atoms with E-state index in [1.807, 2.05) is 0 Å². The molecule has 0 fully saturated rings. The van der Waals surface area contributed by atoms with Crippen molar-refractivity contribution in [2.24, 2.45) is 0 Å². The van der Waals surface area contributed by atoms with E-state index in [0.717, 1.165) is 0 Å². The van der Waals surface area contributed by atoms with Crippen molar-refractivity contribution in [3.05, 3.63) is 11.3 Å². The molecule has 0 saturated heterocycles. The third-order valence-electron chi connectivity index (χ3n) is 1.45. The molecule has 0 aromatic heterocycles.